The summed E-state index contributed by atoms with van der Waals surface area (Å²) in [6.07, 6.45) is 0. The van der Waals surface area contributed by atoms with Crippen LogP contribution in [0, 0.1) is 0 Å². The summed E-state index contributed by atoms with van der Waals surface area (Å²) in [5, 5.41) is 1.10. The van der Waals surface area contributed by atoms with E-state index in [4.69, 9.17) is 10.5 Å². The number of methoxy groups -OCH3 is 1. The summed E-state index contributed by atoms with van der Waals surface area (Å²) >= 11 is 1.85. The van der Waals surface area contributed by atoms with Crippen LogP contribution in [0.25, 0.3) is 10.9 Å². The molecule has 0 aliphatic carbocycles. The van der Waals surface area contributed by atoms with E-state index in [2.05, 4.69) is 18.0 Å². The SMILES string of the molecule is CCSCc1cc2ccc(OC)cc2nc1N. The Morgan fingerprint density at radius 1 is 1.35 bits per heavy atom. The molecule has 1 heterocycles. The Morgan fingerprint density at radius 2 is 2.18 bits per heavy atom. The van der Waals surface area contributed by atoms with Crippen LogP contribution in [0.2, 0.25) is 0 Å². The van der Waals surface area contributed by atoms with Crippen molar-refractivity contribution in [3.63, 3.8) is 0 Å². The number of pyridine rings is 1. The highest BCUT2D eigenvalue weighted by Crippen LogP contribution is 2.25. The molecular formula is C13H16N2OS. The summed E-state index contributed by atoms with van der Waals surface area (Å²) in [5.74, 6) is 3.42. The first-order valence-electron chi connectivity index (χ1n) is 5.55. The van der Waals surface area contributed by atoms with Gasteiger partial charge in [-0.1, -0.05) is 6.92 Å². The highest BCUT2D eigenvalue weighted by Gasteiger charge is 2.05. The maximum atomic E-state index is 5.95. The quantitative estimate of drug-likeness (QED) is 0.903. The standard InChI is InChI=1S/C13H16N2OS/c1-3-17-8-10-6-9-4-5-11(16-2)7-12(9)15-13(10)14/h4-7H,3,8H2,1-2H3,(H2,14,15). The molecule has 0 radical (unpaired) electrons. The van der Waals surface area contributed by atoms with Gasteiger partial charge in [-0.2, -0.15) is 11.8 Å². The molecule has 0 atom stereocenters. The zero-order valence-electron chi connectivity index (χ0n) is 10.1. The first kappa shape index (κ1) is 12.0. The van der Waals surface area contributed by atoms with Gasteiger partial charge in [0.15, 0.2) is 0 Å². The third-order valence-corrected chi connectivity index (χ3v) is 3.52. The fourth-order valence-corrected chi connectivity index (χ4v) is 2.32. The third kappa shape index (κ3) is 2.64. The van der Waals surface area contributed by atoms with Gasteiger partial charge in [0.2, 0.25) is 0 Å². The minimum absolute atomic E-state index is 0.617. The first-order chi connectivity index (χ1) is 8.24. The predicted octanol–water partition coefficient (Wildman–Crippen LogP) is 3.08. The maximum absolute atomic E-state index is 5.95. The fourth-order valence-electron chi connectivity index (χ4n) is 1.66. The smallest absolute Gasteiger partial charge is 0.128 e. The zero-order chi connectivity index (χ0) is 12.3. The molecule has 3 nitrogen and oxygen atoms in total. The van der Waals surface area contributed by atoms with E-state index in [0.717, 1.165) is 33.7 Å². The van der Waals surface area contributed by atoms with Gasteiger partial charge in [0, 0.05) is 22.8 Å². The van der Waals surface area contributed by atoms with Crippen molar-refractivity contribution in [1.29, 1.82) is 0 Å². The van der Waals surface area contributed by atoms with E-state index in [-0.39, 0.29) is 0 Å². The summed E-state index contributed by atoms with van der Waals surface area (Å²) in [5.41, 5.74) is 7.94. The number of benzene rings is 1. The van der Waals surface area contributed by atoms with Crippen molar-refractivity contribution < 1.29 is 4.74 Å². The number of rotatable bonds is 4. The Kier molecular flexibility index (Phi) is 3.74. The summed E-state index contributed by atoms with van der Waals surface area (Å²) in [7, 11) is 1.65. The number of fused-ring (bicyclic) bond motifs is 1. The van der Waals surface area contributed by atoms with E-state index in [1.165, 1.54) is 0 Å². The summed E-state index contributed by atoms with van der Waals surface area (Å²) < 4.78 is 5.17. The number of hydrogen-bond acceptors (Lipinski definition) is 4. The van der Waals surface area contributed by atoms with E-state index in [1.807, 2.05) is 30.0 Å². The van der Waals surface area contributed by atoms with Crippen LogP contribution in [0.1, 0.15) is 12.5 Å². The van der Waals surface area contributed by atoms with E-state index in [9.17, 15) is 0 Å². The number of hydrogen-bond donors (Lipinski definition) is 1. The Labute approximate surface area is 105 Å². The molecule has 17 heavy (non-hydrogen) atoms. The molecular weight excluding hydrogens is 232 g/mol. The van der Waals surface area contributed by atoms with Crippen LogP contribution in [0.15, 0.2) is 24.3 Å². The van der Waals surface area contributed by atoms with E-state index < -0.39 is 0 Å². The summed E-state index contributed by atoms with van der Waals surface area (Å²) in [6, 6.07) is 7.97. The van der Waals surface area contributed by atoms with Crippen molar-refractivity contribution in [3.05, 3.63) is 29.8 Å². The van der Waals surface area contributed by atoms with E-state index in [1.54, 1.807) is 7.11 Å². The zero-order valence-corrected chi connectivity index (χ0v) is 10.9. The lowest BCUT2D eigenvalue weighted by Crippen LogP contribution is -1.97. The van der Waals surface area contributed by atoms with Gasteiger partial charge in [-0.05, 0) is 24.0 Å². The lowest BCUT2D eigenvalue weighted by atomic mass is 10.1. The average molecular weight is 248 g/mol. The number of aromatic nitrogens is 1. The molecule has 0 saturated carbocycles. The van der Waals surface area contributed by atoms with Gasteiger partial charge in [-0.3, -0.25) is 0 Å². The Hall–Kier alpha value is -1.42. The lowest BCUT2D eigenvalue weighted by Gasteiger charge is -2.07. The predicted molar refractivity (Wildman–Crippen MR) is 74.5 cm³/mol. The van der Waals surface area contributed by atoms with Gasteiger partial charge >= 0.3 is 0 Å². The molecule has 2 aromatic rings. The summed E-state index contributed by atoms with van der Waals surface area (Å²) in [4.78, 5) is 4.42. The van der Waals surface area contributed by atoms with Crippen LogP contribution in [0.5, 0.6) is 5.75 Å². The normalized spacial score (nSPS) is 10.7. The van der Waals surface area contributed by atoms with Gasteiger partial charge in [-0.15, -0.1) is 0 Å². The number of nitrogens with zero attached hydrogens (tertiary/aromatic N) is 1. The number of anilines is 1. The molecule has 0 bridgehead atoms. The second-order valence-electron chi connectivity index (χ2n) is 3.73. The molecule has 2 rings (SSSR count). The van der Waals surface area contributed by atoms with Crippen molar-refractivity contribution >= 4 is 28.5 Å². The number of nitrogen functional groups attached to an aromatic ring is 1. The first-order valence-corrected chi connectivity index (χ1v) is 6.71. The molecule has 90 valence electrons. The van der Waals surface area contributed by atoms with Crippen molar-refractivity contribution in [2.24, 2.45) is 0 Å². The summed E-state index contributed by atoms with van der Waals surface area (Å²) in [6.45, 7) is 2.14. The molecule has 2 N–H and O–H groups in total. The van der Waals surface area contributed by atoms with Gasteiger partial charge in [0.1, 0.15) is 11.6 Å². The van der Waals surface area contributed by atoms with Gasteiger partial charge < -0.3 is 10.5 Å². The number of nitrogens with two attached hydrogens (primary N) is 1. The molecule has 0 unspecified atom stereocenters. The van der Waals surface area contributed by atoms with Crippen LogP contribution in [0.3, 0.4) is 0 Å². The van der Waals surface area contributed by atoms with Gasteiger partial charge in [0.25, 0.3) is 0 Å². The van der Waals surface area contributed by atoms with E-state index in [0.29, 0.717) is 5.82 Å². The monoisotopic (exact) mass is 248 g/mol. The molecule has 0 amide bonds. The van der Waals surface area contributed by atoms with Crippen molar-refractivity contribution in [3.8, 4) is 5.75 Å². The highest BCUT2D eigenvalue weighted by molar-refractivity contribution is 7.98. The van der Waals surface area contributed by atoms with Crippen LogP contribution >= 0.6 is 11.8 Å². The Morgan fingerprint density at radius 3 is 2.88 bits per heavy atom. The van der Waals surface area contributed by atoms with E-state index >= 15 is 0 Å². The van der Waals surface area contributed by atoms with Gasteiger partial charge in [0.05, 0.1) is 12.6 Å². The molecule has 0 aliphatic heterocycles. The third-order valence-electron chi connectivity index (χ3n) is 2.60. The minimum Gasteiger partial charge on any atom is -0.497 e. The topological polar surface area (TPSA) is 48.1 Å². The fraction of sp³-hybridized carbons (Fsp3) is 0.308. The van der Waals surface area contributed by atoms with Crippen LogP contribution < -0.4 is 10.5 Å². The molecule has 0 spiro atoms. The van der Waals surface area contributed by atoms with Crippen molar-refractivity contribution in [2.45, 2.75) is 12.7 Å². The molecule has 1 aromatic carbocycles. The molecule has 0 aliphatic rings. The highest BCUT2D eigenvalue weighted by atomic mass is 32.2. The van der Waals surface area contributed by atoms with Crippen LogP contribution in [-0.4, -0.2) is 17.8 Å². The Balaban J connectivity index is 2.43. The second-order valence-corrected chi connectivity index (χ2v) is 5.00. The Bertz CT molecular complexity index is 528. The second kappa shape index (κ2) is 5.27. The lowest BCUT2D eigenvalue weighted by molar-refractivity contribution is 0.415. The average Bonchev–Trinajstić information content (AvgIpc) is 2.35. The molecule has 1 aromatic heterocycles. The van der Waals surface area contributed by atoms with Crippen LogP contribution in [0.4, 0.5) is 5.82 Å². The number of thioether (sulfide) groups is 1. The van der Waals surface area contributed by atoms with Crippen molar-refractivity contribution in [2.75, 3.05) is 18.6 Å². The van der Waals surface area contributed by atoms with Crippen LogP contribution in [-0.2, 0) is 5.75 Å². The number of ether oxygens (including phenoxy) is 1. The molecule has 4 heteroatoms. The molecule has 0 fully saturated rings. The maximum Gasteiger partial charge on any atom is 0.128 e. The minimum atomic E-state index is 0.617. The largest absolute Gasteiger partial charge is 0.497 e. The molecule has 0 saturated heterocycles. The van der Waals surface area contributed by atoms with Crippen molar-refractivity contribution in [1.82, 2.24) is 4.98 Å². The van der Waals surface area contributed by atoms with Gasteiger partial charge in [-0.25, -0.2) is 4.98 Å².